The first kappa shape index (κ1) is 21.5. The molecule has 2 aromatic carbocycles. The SMILES string of the molecule is C=C(c1ccccc1)C(CN(CC=O)S(=O)(=O)c1ccc(C)cc1)OC(C)=O. The van der Waals surface area contributed by atoms with E-state index in [0.29, 0.717) is 17.4 Å². The third kappa shape index (κ3) is 5.37. The molecule has 0 heterocycles. The molecule has 2 rings (SSSR count). The number of aryl methyl sites for hydroxylation is 1. The summed E-state index contributed by atoms with van der Waals surface area (Å²) >= 11 is 0. The van der Waals surface area contributed by atoms with Crippen molar-refractivity contribution in [1.29, 1.82) is 0 Å². The van der Waals surface area contributed by atoms with Crippen LogP contribution in [0.15, 0.2) is 66.1 Å². The largest absolute Gasteiger partial charge is 0.456 e. The second-order valence-electron chi connectivity index (χ2n) is 6.29. The number of sulfonamides is 1. The third-order valence-corrected chi connectivity index (χ3v) is 5.99. The van der Waals surface area contributed by atoms with Crippen LogP contribution < -0.4 is 0 Å². The Hall–Kier alpha value is -2.77. The smallest absolute Gasteiger partial charge is 0.303 e. The van der Waals surface area contributed by atoms with E-state index < -0.39 is 22.1 Å². The lowest BCUT2D eigenvalue weighted by Crippen LogP contribution is -2.40. The Kier molecular flexibility index (Phi) is 7.25. The summed E-state index contributed by atoms with van der Waals surface area (Å²) in [6.07, 6.45) is -0.429. The summed E-state index contributed by atoms with van der Waals surface area (Å²) in [7, 11) is -3.96. The molecule has 0 aliphatic heterocycles. The van der Waals surface area contributed by atoms with Crippen molar-refractivity contribution in [3.05, 3.63) is 72.3 Å². The lowest BCUT2D eigenvalue weighted by Gasteiger charge is -2.27. The zero-order valence-electron chi connectivity index (χ0n) is 15.9. The van der Waals surface area contributed by atoms with E-state index in [1.165, 1.54) is 19.1 Å². The highest BCUT2D eigenvalue weighted by atomic mass is 32.2. The molecule has 6 nitrogen and oxygen atoms in total. The zero-order chi connectivity index (χ0) is 20.7. The minimum Gasteiger partial charge on any atom is -0.456 e. The van der Waals surface area contributed by atoms with Crippen LogP contribution in [0.2, 0.25) is 0 Å². The highest BCUT2D eigenvalue weighted by molar-refractivity contribution is 7.89. The van der Waals surface area contributed by atoms with E-state index in [-0.39, 0.29) is 18.0 Å². The molecule has 28 heavy (non-hydrogen) atoms. The van der Waals surface area contributed by atoms with Gasteiger partial charge in [-0.25, -0.2) is 8.42 Å². The van der Waals surface area contributed by atoms with Gasteiger partial charge in [-0.3, -0.25) is 4.79 Å². The predicted octanol–water partition coefficient (Wildman–Crippen LogP) is 2.83. The number of hydrogen-bond donors (Lipinski definition) is 0. The number of ether oxygens (including phenoxy) is 1. The highest BCUT2D eigenvalue weighted by Gasteiger charge is 2.29. The first-order valence-electron chi connectivity index (χ1n) is 8.67. The average molecular weight is 401 g/mol. The summed E-state index contributed by atoms with van der Waals surface area (Å²) in [5.74, 6) is -0.569. The topological polar surface area (TPSA) is 80.8 Å². The maximum atomic E-state index is 13.0. The monoisotopic (exact) mass is 401 g/mol. The van der Waals surface area contributed by atoms with Gasteiger partial charge in [0.2, 0.25) is 10.0 Å². The van der Waals surface area contributed by atoms with Crippen molar-refractivity contribution in [3.8, 4) is 0 Å². The molecule has 2 aromatic rings. The van der Waals surface area contributed by atoms with E-state index in [2.05, 4.69) is 6.58 Å². The van der Waals surface area contributed by atoms with Crippen molar-refractivity contribution >= 4 is 27.9 Å². The van der Waals surface area contributed by atoms with E-state index in [1.807, 2.05) is 13.0 Å². The summed E-state index contributed by atoms with van der Waals surface area (Å²) in [4.78, 5) is 22.8. The third-order valence-electron chi connectivity index (χ3n) is 4.15. The lowest BCUT2D eigenvalue weighted by molar-refractivity contribution is -0.143. The van der Waals surface area contributed by atoms with Crippen molar-refractivity contribution in [2.45, 2.75) is 24.8 Å². The molecule has 0 saturated carbocycles. The normalized spacial score (nSPS) is 12.4. The Bertz CT molecular complexity index is 937. The quantitative estimate of drug-likeness (QED) is 0.477. The molecule has 0 fully saturated rings. The summed E-state index contributed by atoms with van der Waals surface area (Å²) in [6.45, 7) is 6.47. The maximum absolute atomic E-state index is 13.0. The van der Waals surface area contributed by atoms with Crippen molar-refractivity contribution < 1.29 is 22.7 Å². The Morgan fingerprint density at radius 2 is 1.75 bits per heavy atom. The summed E-state index contributed by atoms with van der Waals surface area (Å²) in [5, 5.41) is 0. The fraction of sp³-hybridized carbons (Fsp3) is 0.238. The average Bonchev–Trinajstić information content (AvgIpc) is 2.67. The summed E-state index contributed by atoms with van der Waals surface area (Å²) in [6, 6.07) is 15.3. The van der Waals surface area contributed by atoms with Gasteiger partial charge in [-0.15, -0.1) is 0 Å². The van der Waals surface area contributed by atoms with Crippen LogP contribution in [-0.4, -0.2) is 44.2 Å². The summed E-state index contributed by atoms with van der Waals surface area (Å²) < 4.78 is 32.3. The van der Waals surface area contributed by atoms with Gasteiger partial charge < -0.3 is 9.53 Å². The van der Waals surface area contributed by atoms with Crippen molar-refractivity contribution in [2.24, 2.45) is 0 Å². The molecule has 0 N–H and O–H groups in total. The van der Waals surface area contributed by atoms with E-state index >= 15 is 0 Å². The Morgan fingerprint density at radius 3 is 2.29 bits per heavy atom. The first-order chi connectivity index (χ1) is 13.3. The second kappa shape index (κ2) is 9.43. The van der Waals surface area contributed by atoms with Crippen LogP contribution in [0.1, 0.15) is 18.1 Å². The molecule has 7 heteroatoms. The lowest BCUT2D eigenvalue weighted by atomic mass is 10.0. The van der Waals surface area contributed by atoms with Crippen molar-refractivity contribution in [1.82, 2.24) is 4.31 Å². The van der Waals surface area contributed by atoms with Gasteiger partial charge in [0.05, 0.1) is 18.0 Å². The maximum Gasteiger partial charge on any atom is 0.303 e. The van der Waals surface area contributed by atoms with Gasteiger partial charge in [0.25, 0.3) is 0 Å². The molecule has 1 atom stereocenters. The van der Waals surface area contributed by atoms with Crippen LogP contribution in [0.4, 0.5) is 0 Å². The van der Waals surface area contributed by atoms with Gasteiger partial charge in [-0.1, -0.05) is 54.6 Å². The van der Waals surface area contributed by atoms with Crippen molar-refractivity contribution in [2.75, 3.05) is 13.1 Å². The number of hydrogen-bond acceptors (Lipinski definition) is 5. The van der Waals surface area contributed by atoms with E-state index in [0.717, 1.165) is 9.87 Å². The standard InChI is InChI=1S/C21H23NO5S/c1-16-9-11-20(12-10-16)28(25,26)22(13-14-23)15-21(27-18(3)24)17(2)19-7-5-4-6-8-19/h4-12,14,21H,2,13,15H2,1,3H3. The molecule has 0 spiro atoms. The van der Waals surface area contributed by atoms with Crippen LogP contribution in [0, 0.1) is 6.92 Å². The van der Waals surface area contributed by atoms with E-state index in [4.69, 9.17) is 4.74 Å². The van der Waals surface area contributed by atoms with Gasteiger partial charge in [0.1, 0.15) is 12.4 Å². The minimum atomic E-state index is -3.96. The van der Waals surface area contributed by atoms with Crippen LogP contribution in [0.25, 0.3) is 5.57 Å². The van der Waals surface area contributed by atoms with Gasteiger partial charge in [-0.05, 0) is 30.2 Å². The van der Waals surface area contributed by atoms with Gasteiger partial charge in [0.15, 0.2) is 0 Å². The minimum absolute atomic E-state index is 0.0619. The number of carbonyl (C=O) groups excluding carboxylic acids is 2. The van der Waals surface area contributed by atoms with Gasteiger partial charge in [0, 0.05) is 6.92 Å². The molecule has 0 saturated heterocycles. The molecule has 0 aliphatic rings. The van der Waals surface area contributed by atoms with Crippen molar-refractivity contribution in [3.63, 3.8) is 0 Å². The Labute approximate surface area is 165 Å². The molecule has 0 amide bonds. The Morgan fingerprint density at radius 1 is 1.14 bits per heavy atom. The molecular formula is C21H23NO5S. The fourth-order valence-corrected chi connectivity index (χ4v) is 4.02. The number of aldehydes is 1. The predicted molar refractivity (Wildman–Crippen MR) is 107 cm³/mol. The zero-order valence-corrected chi connectivity index (χ0v) is 16.7. The van der Waals surface area contributed by atoms with Crippen LogP contribution in [-0.2, 0) is 24.3 Å². The molecule has 148 valence electrons. The first-order valence-corrected chi connectivity index (χ1v) is 10.1. The molecule has 0 radical (unpaired) electrons. The molecule has 0 aliphatic carbocycles. The highest BCUT2D eigenvalue weighted by Crippen LogP contribution is 2.23. The van der Waals surface area contributed by atoms with Crippen LogP contribution >= 0.6 is 0 Å². The molecule has 0 aromatic heterocycles. The second-order valence-corrected chi connectivity index (χ2v) is 8.23. The van der Waals surface area contributed by atoms with E-state index in [1.54, 1.807) is 36.4 Å². The molecular weight excluding hydrogens is 378 g/mol. The number of benzene rings is 2. The number of carbonyl (C=O) groups is 2. The van der Waals surface area contributed by atoms with Gasteiger partial charge >= 0.3 is 5.97 Å². The van der Waals surface area contributed by atoms with E-state index in [9.17, 15) is 18.0 Å². The molecule has 0 bridgehead atoms. The number of esters is 1. The number of rotatable bonds is 9. The number of nitrogens with zero attached hydrogens (tertiary/aromatic N) is 1. The molecule has 1 unspecified atom stereocenters. The van der Waals surface area contributed by atoms with Crippen LogP contribution in [0.3, 0.4) is 0 Å². The van der Waals surface area contributed by atoms with Gasteiger partial charge in [-0.2, -0.15) is 4.31 Å². The Balaban J connectivity index is 2.36. The summed E-state index contributed by atoms with van der Waals surface area (Å²) in [5.41, 5.74) is 2.08. The van der Waals surface area contributed by atoms with Crippen LogP contribution in [0.5, 0.6) is 0 Å². The fourth-order valence-electron chi connectivity index (χ4n) is 2.66.